The van der Waals surface area contributed by atoms with E-state index < -0.39 is 10.8 Å². The standard InChI is InChI=1S/C11H18N2O2S/c1-9-4-5-11(14)10(13-9)8-12-6-3-7-16(2)15/h4-5,12,14H,3,6-8H2,1-2H3. The molecule has 0 spiro atoms. The van der Waals surface area contributed by atoms with E-state index in [1.165, 1.54) is 0 Å². The van der Waals surface area contributed by atoms with Crippen molar-refractivity contribution in [3.05, 3.63) is 23.5 Å². The van der Waals surface area contributed by atoms with Gasteiger partial charge >= 0.3 is 0 Å². The third-order valence-corrected chi connectivity index (χ3v) is 3.03. The molecule has 1 heterocycles. The Morgan fingerprint density at radius 3 is 2.94 bits per heavy atom. The van der Waals surface area contributed by atoms with Crippen molar-refractivity contribution in [1.82, 2.24) is 10.3 Å². The highest BCUT2D eigenvalue weighted by Gasteiger charge is 2.02. The number of aryl methyl sites for hydroxylation is 1. The van der Waals surface area contributed by atoms with Gasteiger partial charge < -0.3 is 10.4 Å². The summed E-state index contributed by atoms with van der Waals surface area (Å²) >= 11 is 0. The summed E-state index contributed by atoms with van der Waals surface area (Å²) in [5.74, 6) is 0.928. The van der Waals surface area contributed by atoms with Gasteiger partial charge in [-0.1, -0.05) is 0 Å². The molecule has 5 heteroatoms. The summed E-state index contributed by atoms with van der Waals surface area (Å²) in [6, 6.07) is 3.43. The van der Waals surface area contributed by atoms with Gasteiger partial charge in [0.15, 0.2) is 0 Å². The van der Waals surface area contributed by atoms with Gasteiger partial charge in [-0.05, 0) is 32.0 Å². The zero-order valence-electron chi connectivity index (χ0n) is 9.69. The summed E-state index contributed by atoms with van der Waals surface area (Å²) in [4.78, 5) is 4.23. The van der Waals surface area contributed by atoms with Crippen LogP contribution in [0.1, 0.15) is 17.8 Å². The van der Waals surface area contributed by atoms with Gasteiger partial charge in [0.1, 0.15) is 5.75 Å². The van der Waals surface area contributed by atoms with Crippen LogP contribution in [0.15, 0.2) is 12.1 Å². The van der Waals surface area contributed by atoms with Crippen LogP contribution in [0.5, 0.6) is 5.75 Å². The van der Waals surface area contributed by atoms with Gasteiger partial charge in [-0.15, -0.1) is 0 Å². The molecule has 1 atom stereocenters. The van der Waals surface area contributed by atoms with Crippen LogP contribution in [0.2, 0.25) is 0 Å². The molecule has 0 aromatic carbocycles. The summed E-state index contributed by atoms with van der Waals surface area (Å²) < 4.78 is 10.8. The molecule has 0 fully saturated rings. The van der Waals surface area contributed by atoms with Gasteiger partial charge in [-0.25, -0.2) is 0 Å². The lowest BCUT2D eigenvalue weighted by atomic mass is 10.3. The van der Waals surface area contributed by atoms with Gasteiger partial charge in [0.2, 0.25) is 0 Å². The molecule has 0 saturated heterocycles. The monoisotopic (exact) mass is 242 g/mol. The van der Waals surface area contributed by atoms with Crippen molar-refractivity contribution in [3.8, 4) is 5.75 Å². The van der Waals surface area contributed by atoms with Crippen LogP contribution in [0.3, 0.4) is 0 Å². The highest BCUT2D eigenvalue weighted by atomic mass is 32.2. The Hall–Kier alpha value is -0.940. The predicted octanol–water partition coefficient (Wildman–Crippen LogP) is 0.954. The second-order valence-electron chi connectivity index (χ2n) is 3.73. The lowest BCUT2D eigenvalue weighted by Crippen LogP contribution is -2.17. The molecule has 1 aromatic rings. The molecular weight excluding hydrogens is 224 g/mol. The Kier molecular flexibility index (Phi) is 5.42. The maximum absolute atomic E-state index is 10.8. The first-order valence-electron chi connectivity index (χ1n) is 5.26. The molecule has 0 aliphatic rings. The Labute approximate surface area is 98.6 Å². The van der Waals surface area contributed by atoms with Crippen LogP contribution in [-0.4, -0.2) is 32.9 Å². The Bertz CT molecular complexity index is 369. The summed E-state index contributed by atoms with van der Waals surface area (Å²) in [6.45, 7) is 3.22. The van der Waals surface area contributed by atoms with E-state index in [9.17, 15) is 9.32 Å². The molecule has 2 N–H and O–H groups in total. The minimum absolute atomic E-state index is 0.220. The van der Waals surface area contributed by atoms with Crippen molar-refractivity contribution in [2.45, 2.75) is 19.9 Å². The number of aromatic hydroxyl groups is 1. The molecule has 0 aliphatic heterocycles. The topological polar surface area (TPSA) is 62.2 Å². The van der Waals surface area contributed by atoms with Crippen LogP contribution in [0.25, 0.3) is 0 Å². The molecule has 1 aromatic heterocycles. The number of aromatic nitrogens is 1. The maximum Gasteiger partial charge on any atom is 0.138 e. The molecule has 0 radical (unpaired) electrons. The fraction of sp³-hybridized carbons (Fsp3) is 0.545. The van der Waals surface area contributed by atoms with Crippen LogP contribution >= 0.6 is 0 Å². The van der Waals surface area contributed by atoms with Gasteiger partial charge in [0, 0.05) is 35.0 Å². The summed E-state index contributed by atoms with van der Waals surface area (Å²) in [5.41, 5.74) is 1.56. The molecule has 90 valence electrons. The second kappa shape index (κ2) is 6.60. The minimum atomic E-state index is -0.727. The van der Waals surface area contributed by atoms with Crippen LogP contribution < -0.4 is 5.32 Å². The van der Waals surface area contributed by atoms with E-state index in [0.717, 1.165) is 18.7 Å². The van der Waals surface area contributed by atoms with E-state index in [-0.39, 0.29) is 5.75 Å². The average molecular weight is 242 g/mol. The molecule has 1 unspecified atom stereocenters. The predicted molar refractivity (Wildman–Crippen MR) is 65.9 cm³/mol. The molecule has 1 rings (SSSR count). The number of nitrogens with zero attached hydrogens (tertiary/aromatic N) is 1. The van der Waals surface area contributed by atoms with Crippen molar-refractivity contribution in [2.24, 2.45) is 0 Å². The number of rotatable bonds is 6. The maximum atomic E-state index is 10.8. The molecule has 0 aliphatic carbocycles. The molecule has 0 amide bonds. The van der Waals surface area contributed by atoms with Crippen LogP contribution in [0.4, 0.5) is 0 Å². The van der Waals surface area contributed by atoms with E-state index in [0.29, 0.717) is 18.0 Å². The normalized spacial score (nSPS) is 12.6. The van der Waals surface area contributed by atoms with Crippen molar-refractivity contribution in [2.75, 3.05) is 18.6 Å². The molecule has 0 bridgehead atoms. The van der Waals surface area contributed by atoms with E-state index >= 15 is 0 Å². The van der Waals surface area contributed by atoms with Gasteiger partial charge in [0.05, 0.1) is 5.69 Å². The first-order chi connectivity index (χ1) is 7.59. The zero-order chi connectivity index (χ0) is 12.0. The molecular formula is C11H18N2O2S. The van der Waals surface area contributed by atoms with Crippen molar-refractivity contribution < 1.29 is 9.32 Å². The summed E-state index contributed by atoms with van der Waals surface area (Å²) in [7, 11) is -0.727. The number of pyridine rings is 1. The lowest BCUT2D eigenvalue weighted by molar-refractivity contribution is 0.459. The first kappa shape index (κ1) is 13.1. The van der Waals surface area contributed by atoms with Crippen molar-refractivity contribution in [3.63, 3.8) is 0 Å². The average Bonchev–Trinajstić information content (AvgIpc) is 2.22. The van der Waals surface area contributed by atoms with Crippen molar-refractivity contribution in [1.29, 1.82) is 0 Å². The quantitative estimate of drug-likeness (QED) is 0.729. The second-order valence-corrected chi connectivity index (χ2v) is 5.28. The van der Waals surface area contributed by atoms with E-state index in [1.54, 1.807) is 18.4 Å². The number of hydrogen-bond donors (Lipinski definition) is 2. The van der Waals surface area contributed by atoms with E-state index in [2.05, 4.69) is 10.3 Å². The minimum Gasteiger partial charge on any atom is -0.506 e. The smallest absolute Gasteiger partial charge is 0.138 e. The Morgan fingerprint density at radius 1 is 1.50 bits per heavy atom. The van der Waals surface area contributed by atoms with Gasteiger partial charge in [-0.3, -0.25) is 9.19 Å². The Morgan fingerprint density at radius 2 is 2.25 bits per heavy atom. The summed E-state index contributed by atoms with van der Waals surface area (Å²) in [5, 5.41) is 12.7. The first-order valence-corrected chi connectivity index (χ1v) is 6.98. The van der Waals surface area contributed by atoms with Crippen LogP contribution in [0, 0.1) is 6.92 Å². The molecule has 4 nitrogen and oxygen atoms in total. The van der Waals surface area contributed by atoms with E-state index in [1.807, 2.05) is 6.92 Å². The largest absolute Gasteiger partial charge is 0.506 e. The highest BCUT2D eigenvalue weighted by Crippen LogP contribution is 2.13. The highest BCUT2D eigenvalue weighted by molar-refractivity contribution is 7.84. The van der Waals surface area contributed by atoms with Gasteiger partial charge in [-0.2, -0.15) is 0 Å². The fourth-order valence-corrected chi connectivity index (χ4v) is 1.89. The van der Waals surface area contributed by atoms with Crippen molar-refractivity contribution >= 4 is 10.8 Å². The van der Waals surface area contributed by atoms with Gasteiger partial charge in [0.25, 0.3) is 0 Å². The number of nitrogens with one attached hydrogen (secondary N) is 1. The van der Waals surface area contributed by atoms with Crippen LogP contribution in [-0.2, 0) is 17.3 Å². The third kappa shape index (κ3) is 4.72. The number of hydrogen-bond acceptors (Lipinski definition) is 4. The SMILES string of the molecule is Cc1ccc(O)c(CNCCCS(C)=O)n1. The lowest BCUT2D eigenvalue weighted by Gasteiger charge is -2.06. The molecule has 0 saturated carbocycles. The summed E-state index contributed by atoms with van der Waals surface area (Å²) in [6.07, 6.45) is 2.57. The zero-order valence-corrected chi connectivity index (χ0v) is 10.5. The Balaban J connectivity index is 2.31. The molecule has 16 heavy (non-hydrogen) atoms. The van der Waals surface area contributed by atoms with E-state index in [4.69, 9.17) is 0 Å². The third-order valence-electron chi connectivity index (χ3n) is 2.17. The fourth-order valence-electron chi connectivity index (χ4n) is 1.34.